The highest BCUT2D eigenvalue weighted by Crippen LogP contribution is 2.26. The van der Waals surface area contributed by atoms with Gasteiger partial charge in [-0.15, -0.1) is 0 Å². The fourth-order valence-corrected chi connectivity index (χ4v) is 2.32. The molecule has 0 aromatic heterocycles. The van der Waals surface area contributed by atoms with E-state index in [-0.39, 0.29) is 5.91 Å². The minimum atomic E-state index is -0.0588. The summed E-state index contributed by atoms with van der Waals surface area (Å²) in [6.07, 6.45) is 0.324. The highest BCUT2D eigenvalue weighted by Gasteiger charge is 2.05. The molecule has 0 heterocycles. The molecule has 5 heteroatoms. The number of rotatable bonds is 3. The lowest BCUT2D eigenvalue weighted by Gasteiger charge is -2.06. The molecule has 0 fully saturated rings. The van der Waals surface area contributed by atoms with Crippen LogP contribution in [0.5, 0.6) is 0 Å². The van der Waals surface area contributed by atoms with Gasteiger partial charge in [-0.1, -0.05) is 23.7 Å². The first-order chi connectivity index (χ1) is 9.04. The maximum atomic E-state index is 11.9. The summed E-state index contributed by atoms with van der Waals surface area (Å²) < 4.78 is 1.85. The zero-order valence-corrected chi connectivity index (χ0v) is 13.7. The van der Waals surface area contributed by atoms with E-state index in [0.717, 1.165) is 20.2 Å². The highest BCUT2D eigenvalue weighted by atomic mass is 79.9. The van der Waals surface area contributed by atoms with Gasteiger partial charge in [-0.2, -0.15) is 0 Å². The second kappa shape index (κ2) is 6.55. The number of carbonyl (C=O) groups is 1. The number of anilines is 1. The van der Waals surface area contributed by atoms with Crippen molar-refractivity contribution in [1.82, 2.24) is 0 Å². The summed E-state index contributed by atoms with van der Waals surface area (Å²) in [4.78, 5) is 11.9. The molecule has 0 spiro atoms. The molecule has 0 atom stereocenters. The summed E-state index contributed by atoms with van der Waals surface area (Å²) >= 11 is 12.6. The van der Waals surface area contributed by atoms with Crippen molar-refractivity contribution in [2.75, 3.05) is 5.32 Å². The minimum Gasteiger partial charge on any atom is -0.326 e. The largest absolute Gasteiger partial charge is 0.326 e. The molecule has 2 aromatic carbocycles. The first kappa shape index (κ1) is 14.6. The molecule has 1 amide bonds. The summed E-state index contributed by atoms with van der Waals surface area (Å²) in [5, 5.41) is 3.52. The van der Waals surface area contributed by atoms with Gasteiger partial charge in [0.15, 0.2) is 0 Å². The maximum Gasteiger partial charge on any atom is 0.228 e. The van der Waals surface area contributed by atoms with Crippen molar-refractivity contribution < 1.29 is 4.79 Å². The Morgan fingerprint density at radius 1 is 1.05 bits per heavy atom. The van der Waals surface area contributed by atoms with Crippen LogP contribution in [0, 0.1) is 0 Å². The Balaban J connectivity index is 2.01. The molecule has 0 bridgehead atoms. The molecule has 98 valence electrons. The molecule has 2 aromatic rings. The van der Waals surface area contributed by atoms with E-state index in [9.17, 15) is 4.79 Å². The summed E-state index contributed by atoms with van der Waals surface area (Å²) in [7, 11) is 0. The summed E-state index contributed by atoms with van der Waals surface area (Å²) in [6, 6.07) is 12.8. The van der Waals surface area contributed by atoms with Crippen molar-refractivity contribution in [1.29, 1.82) is 0 Å². The summed E-state index contributed by atoms with van der Waals surface area (Å²) in [6.45, 7) is 0. The molecular weight excluding hydrogens is 393 g/mol. The topological polar surface area (TPSA) is 29.1 Å². The van der Waals surface area contributed by atoms with E-state index < -0.39 is 0 Å². The van der Waals surface area contributed by atoms with Crippen LogP contribution in [0.3, 0.4) is 0 Å². The number of nitrogens with one attached hydrogen (secondary N) is 1. The fraction of sp³-hybridized carbons (Fsp3) is 0.0714. The van der Waals surface area contributed by atoms with Crippen LogP contribution >= 0.6 is 43.5 Å². The summed E-state index contributed by atoms with van der Waals surface area (Å²) in [5.74, 6) is -0.0588. The number of hydrogen-bond acceptors (Lipinski definition) is 1. The van der Waals surface area contributed by atoms with Crippen LogP contribution in [-0.2, 0) is 11.2 Å². The Bertz CT molecular complexity index is 599. The van der Waals surface area contributed by atoms with Gasteiger partial charge in [0.1, 0.15) is 0 Å². The van der Waals surface area contributed by atoms with Gasteiger partial charge in [0.05, 0.1) is 6.42 Å². The van der Waals surface area contributed by atoms with Crippen LogP contribution in [0.2, 0.25) is 5.02 Å². The number of amides is 1. The van der Waals surface area contributed by atoms with Crippen LogP contribution in [0.4, 0.5) is 5.69 Å². The third-order valence-corrected chi connectivity index (χ3v) is 4.61. The second-order valence-corrected chi connectivity index (χ2v) is 6.13. The van der Waals surface area contributed by atoms with Crippen LogP contribution in [0.15, 0.2) is 51.4 Å². The van der Waals surface area contributed by atoms with Crippen molar-refractivity contribution in [2.24, 2.45) is 0 Å². The van der Waals surface area contributed by atoms with Crippen LogP contribution in [-0.4, -0.2) is 5.91 Å². The first-order valence-corrected chi connectivity index (χ1v) is 7.50. The second-order valence-electron chi connectivity index (χ2n) is 3.98. The fourth-order valence-electron chi connectivity index (χ4n) is 1.57. The van der Waals surface area contributed by atoms with Crippen LogP contribution in [0.1, 0.15) is 5.56 Å². The van der Waals surface area contributed by atoms with Gasteiger partial charge in [-0.3, -0.25) is 4.79 Å². The normalized spacial score (nSPS) is 10.3. The van der Waals surface area contributed by atoms with E-state index in [1.807, 2.05) is 30.3 Å². The van der Waals surface area contributed by atoms with Gasteiger partial charge in [-0.25, -0.2) is 0 Å². The zero-order valence-electron chi connectivity index (χ0n) is 9.79. The molecule has 19 heavy (non-hydrogen) atoms. The molecule has 1 N–H and O–H groups in total. The predicted molar refractivity (Wildman–Crippen MR) is 85.6 cm³/mol. The number of halogens is 3. The van der Waals surface area contributed by atoms with E-state index in [4.69, 9.17) is 11.6 Å². The molecule has 2 nitrogen and oxygen atoms in total. The molecule has 2 rings (SSSR count). The minimum absolute atomic E-state index is 0.0588. The van der Waals surface area contributed by atoms with E-state index in [1.165, 1.54) is 0 Å². The Morgan fingerprint density at radius 3 is 2.37 bits per heavy atom. The lowest BCUT2D eigenvalue weighted by Crippen LogP contribution is -2.14. The number of benzene rings is 2. The molecule has 0 aliphatic heterocycles. The van der Waals surface area contributed by atoms with Gasteiger partial charge in [0, 0.05) is 19.7 Å². The molecule has 0 aliphatic carbocycles. The highest BCUT2D eigenvalue weighted by molar-refractivity contribution is 9.13. The Morgan fingerprint density at radius 2 is 1.74 bits per heavy atom. The van der Waals surface area contributed by atoms with Gasteiger partial charge >= 0.3 is 0 Å². The van der Waals surface area contributed by atoms with Crippen molar-refractivity contribution in [3.8, 4) is 0 Å². The average Bonchev–Trinajstić information content (AvgIpc) is 2.37. The third-order valence-electron chi connectivity index (χ3n) is 2.48. The molecule has 0 aliphatic rings. The first-order valence-electron chi connectivity index (χ1n) is 5.54. The monoisotopic (exact) mass is 401 g/mol. The van der Waals surface area contributed by atoms with Gasteiger partial charge in [0.2, 0.25) is 5.91 Å². The Kier molecular flexibility index (Phi) is 5.02. The molecule has 0 radical (unpaired) electrons. The molecule has 0 unspecified atom stereocenters. The van der Waals surface area contributed by atoms with E-state index in [2.05, 4.69) is 37.2 Å². The van der Waals surface area contributed by atoms with Crippen molar-refractivity contribution >= 4 is 55.1 Å². The van der Waals surface area contributed by atoms with Crippen LogP contribution < -0.4 is 5.32 Å². The Hall–Kier alpha value is -0.840. The van der Waals surface area contributed by atoms with Crippen molar-refractivity contribution in [3.63, 3.8) is 0 Å². The number of hydrogen-bond donors (Lipinski definition) is 1. The quantitative estimate of drug-likeness (QED) is 0.764. The summed E-state index contributed by atoms with van der Waals surface area (Å²) in [5.41, 5.74) is 1.69. The van der Waals surface area contributed by atoms with Crippen molar-refractivity contribution in [3.05, 3.63) is 62.0 Å². The smallest absolute Gasteiger partial charge is 0.228 e. The van der Waals surface area contributed by atoms with E-state index in [1.54, 1.807) is 12.1 Å². The van der Waals surface area contributed by atoms with E-state index >= 15 is 0 Å². The Labute approximate surface area is 133 Å². The van der Waals surface area contributed by atoms with E-state index in [0.29, 0.717) is 11.4 Å². The number of carbonyl (C=O) groups excluding carboxylic acids is 1. The lowest BCUT2D eigenvalue weighted by atomic mass is 10.1. The standard InChI is InChI=1S/C14H10Br2ClNO/c15-12-6-5-11(8-13(12)16)18-14(19)7-9-1-3-10(17)4-2-9/h1-6,8H,7H2,(H,18,19). The zero-order chi connectivity index (χ0) is 13.8. The molecule has 0 saturated heterocycles. The van der Waals surface area contributed by atoms with Gasteiger partial charge < -0.3 is 5.32 Å². The van der Waals surface area contributed by atoms with Gasteiger partial charge in [-0.05, 0) is 67.8 Å². The van der Waals surface area contributed by atoms with Gasteiger partial charge in [0.25, 0.3) is 0 Å². The molecular formula is C14H10Br2ClNO. The average molecular weight is 404 g/mol. The molecule has 0 saturated carbocycles. The van der Waals surface area contributed by atoms with Crippen molar-refractivity contribution in [2.45, 2.75) is 6.42 Å². The SMILES string of the molecule is O=C(Cc1ccc(Cl)cc1)Nc1ccc(Br)c(Br)c1. The predicted octanol–water partition coefficient (Wildman–Crippen LogP) is 5.05. The maximum absolute atomic E-state index is 11.9. The lowest BCUT2D eigenvalue weighted by molar-refractivity contribution is -0.115. The third kappa shape index (κ3) is 4.34. The van der Waals surface area contributed by atoms with Crippen LogP contribution in [0.25, 0.3) is 0 Å².